The zero-order valence-corrected chi connectivity index (χ0v) is 10.8. The number of methoxy groups -OCH3 is 1. The van der Waals surface area contributed by atoms with Crippen LogP contribution in [0, 0.1) is 0 Å². The Bertz CT molecular complexity index is 484. The Labute approximate surface area is 111 Å². The van der Waals surface area contributed by atoms with E-state index in [9.17, 15) is 4.79 Å². The highest BCUT2D eigenvalue weighted by Gasteiger charge is 2.20. The molecule has 0 spiro atoms. The molecule has 0 radical (unpaired) electrons. The van der Waals surface area contributed by atoms with E-state index >= 15 is 0 Å². The van der Waals surface area contributed by atoms with Crippen LogP contribution in [0.15, 0.2) is 29.3 Å². The number of carboxylic acid groups (broad SMARTS) is 1. The van der Waals surface area contributed by atoms with Gasteiger partial charge in [-0.2, -0.15) is 0 Å². The summed E-state index contributed by atoms with van der Waals surface area (Å²) < 4.78 is 10.8. The number of aliphatic carboxylic acids is 1. The summed E-state index contributed by atoms with van der Waals surface area (Å²) in [7, 11) is 1.64. The summed E-state index contributed by atoms with van der Waals surface area (Å²) in [5, 5.41) is 8.61. The molecule has 5 heteroatoms. The maximum absolute atomic E-state index is 10.5. The molecule has 1 N–H and O–H groups in total. The van der Waals surface area contributed by atoms with E-state index in [4.69, 9.17) is 14.6 Å². The van der Waals surface area contributed by atoms with E-state index < -0.39 is 5.97 Å². The number of hydrogen-bond donors (Lipinski definition) is 1. The van der Waals surface area contributed by atoms with Crippen LogP contribution in [-0.4, -0.2) is 36.7 Å². The van der Waals surface area contributed by atoms with Crippen molar-refractivity contribution >= 4 is 11.9 Å². The van der Waals surface area contributed by atoms with E-state index in [1.54, 1.807) is 7.11 Å². The number of aliphatic imine (C=N–C) groups is 1. The van der Waals surface area contributed by atoms with Gasteiger partial charge in [0.15, 0.2) is 5.90 Å². The Morgan fingerprint density at radius 2 is 2.42 bits per heavy atom. The third-order valence-corrected chi connectivity index (χ3v) is 2.92. The number of rotatable bonds is 6. The topological polar surface area (TPSA) is 68.1 Å². The van der Waals surface area contributed by atoms with E-state index in [0.717, 1.165) is 17.7 Å². The average molecular weight is 263 g/mol. The van der Waals surface area contributed by atoms with Crippen molar-refractivity contribution in [3.8, 4) is 5.75 Å². The second kappa shape index (κ2) is 6.22. The fourth-order valence-corrected chi connectivity index (χ4v) is 1.99. The van der Waals surface area contributed by atoms with Gasteiger partial charge in [-0.1, -0.05) is 12.1 Å². The molecule has 1 aliphatic heterocycles. The number of carbonyl (C=O) groups is 1. The van der Waals surface area contributed by atoms with Crippen molar-refractivity contribution < 1.29 is 19.4 Å². The molecule has 0 saturated carbocycles. The molecule has 1 heterocycles. The Hall–Kier alpha value is -2.04. The van der Waals surface area contributed by atoms with Crippen LogP contribution in [-0.2, 0) is 16.0 Å². The molecule has 0 saturated heterocycles. The zero-order chi connectivity index (χ0) is 13.7. The van der Waals surface area contributed by atoms with Crippen molar-refractivity contribution in [1.82, 2.24) is 0 Å². The minimum atomic E-state index is -0.831. The van der Waals surface area contributed by atoms with E-state index in [-0.39, 0.29) is 12.5 Å². The van der Waals surface area contributed by atoms with Crippen molar-refractivity contribution in [2.75, 3.05) is 13.7 Å². The van der Waals surface area contributed by atoms with Gasteiger partial charge < -0.3 is 14.6 Å². The van der Waals surface area contributed by atoms with Crippen LogP contribution in [0.5, 0.6) is 5.75 Å². The van der Waals surface area contributed by atoms with Gasteiger partial charge >= 0.3 is 5.97 Å². The van der Waals surface area contributed by atoms with Gasteiger partial charge in [-0.05, 0) is 17.7 Å². The number of ether oxygens (including phenoxy) is 2. The minimum Gasteiger partial charge on any atom is -0.497 e. The molecule has 1 aromatic carbocycles. The van der Waals surface area contributed by atoms with Gasteiger partial charge in [-0.15, -0.1) is 0 Å². The first kappa shape index (κ1) is 13.4. The lowest BCUT2D eigenvalue weighted by molar-refractivity contribution is -0.136. The normalized spacial score (nSPS) is 17.7. The van der Waals surface area contributed by atoms with Gasteiger partial charge in [-0.25, -0.2) is 0 Å². The standard InChI is InChI=1S/C14H17NO4/c1-18-11-4-2-3-10(7-11)8-12-9-15-13(19-12)5-6-14(16)17/h2-4,7,12H,5-6,8-9H2,1H3,(H,16,17). The fraction of sp³-hybridized carbons (Fsp3) is 0.429. The summed E-state index contributed by atoms with van der Waals surface area (Å²) in [6.45, 7) is 0.589. The van der Waals surface area contributed by atoms with E-state index in [1.807, 2.05) is 24.3 Å². The number of nitrogens with zero attached hydrogens (tertiary/aromatic N) is 1. The van der Waals surface area contributed by atoms with Gasteiger partial charge in [0.1, 0.15) is 11.9 Å². The Kier molecular flexibility index (Phi) is 4.39. The molecular formula is C14H17NO4. The second-order valence-electron chi connectivity index (χ2n) is 4.42. The van der Waals surface area contributed by atoms with Crippen LogP contribution in [0.1, 0.15) is 18.4 Å². The van der Waals surface area contributed by atoms with Crippen molar-refractivity contribution in [3.63, 3.8) is 0 Å². The molecule has 0 aromatic heterocycles. The summed E-state index contributed by atoms with van der Waals surface area (Å²) in [6, 6.07) is 7.82. The van der Waals surface area contributed by atoms with Crippen LogP contribution >= 0.6 is 0 Å². The van der Waals surface area contributed by atoms with Crippen molar-refractivity contribution in [2.24, 2.45) is 4.99 Å². The molecule has 0 amide bonds. The molecule has 1 atom stereocenters. The van der Waals surface area contributed by atoms with Gasteiger partial charge in [0.25, 0.3) is 0 Å². The summed E-state index contributed by atoms with van der Waals surface area (Å²) in [5.41, 5.74) is 1.12. The molecule has 0 fully saturated rings. The largest absolute Gasteiger partial charge is 0.497 e. The highest BCUT2D eigenvalue weighted by atomic mass is 16.5. The van der Waals surface area contributed by atoms with Crippen LogP contribution in [0.25, 0.3) is 0 Å². The molecule has 2 rings (SSSR count). The minimum absolute atomic E-state index is 0.00380. The number of carboxylic acids is 1. The molecular weight excluding hydrogens is 246 g/mol. The van der Waals surface area contributed by atoms with Crippen molar-refractivity contribution in [3.05, 3.63) is 29.8 Å². The molecule has 5 nitrogen and oxygen atoms in total. The van der Waals surface area contributed by atoms with Crippen LogP contribution in [0.2, 0.25) is 0 Å². The lowest BCUT2D eigenvalue weighted by Crippen LogP contribution is -2.16. The maximum atomic E-state index is 10.5. The summed E-state index contributed by atoms with van der Waals surface area (Å²) in [4.78, 5) is 14.7. The third kappa shape index (κ3) is 3.98. The van der Waals surface area contributed by atoms with Crippen molar-refractivity contribution in [1.29, 1.82) is 0 Å². The third-order valence-electron chi connectivity index (χ3n) is 2.92. The zero-order valence-electron chi connectivity index (χ0n) is 10.8. The maximum Gasteiger partial charge on any atom is 0.303 e. The molecule has 102 valence electrons. The highest BCUT2D eigenvalue weighted by Crippen LogP contribution is 2.18. The smallest absolute Gasteiger partial charge is 0.303 e. The molecule has 19 heavy (non-hydrogen) atoms. The Balaban J connectivity index is 1.84. The van der Waals surface area contributed by atoms with Gasteiger partial charge in [0, 0.05) is 12.8 Å². The quantitative estimate of drug-likeness (QED) is 0.851. The Morgan fingerprint density at radius 3 is 3.16 bits per heavy atom. The fourth-order valence-electron chi connectivity index (χ4n) is 1.99. The van der Waals surface area contributed by atoms with Crippen LogP contribution < -0.4 is 4.74 Å². The Morgan fingerprint density at radius 1 is 1.58 bits per heavy atom. The lowest BCUT2D eigenvalue weighted by Gasteiger charge is -2.11. The average Bonchev–Trinajstić information content (AvgIpc) is 2.84. The van der Waals surface area contributed by atoms with E-state index in [2.05, 4.69) is 4.99 Å². The first-order chi connectivity index (χ1) is 9.17. The van der Waals surface area contributed by atoms with Crippen molar-refractivity contribution in [2.45, 2.75) is 25.4 Å². The molecule has 0 bridgehead atoms. The summed E-state index contributed by atoms with van der Waals surface area (Å²) in [6.07, 6.45) is 1.17. The van der Waals surface area contributed by atoms with E-state index in [1.165, 1.54) is 0 Å². The molecule has 1 aromatic rings. The van der Waals surface area contributed by atoms with E-state index in [0.29, 0.717) is 18.9 Å². The second-order valence-corrected chi connectivity index (χ2v) is 4.42. The van der Waals surface area contributed by atoms with Gasteiger partial charge in [0.05, 0.1) is 20.1 Å². The van der Waals surface area contributed by atoms with Crippen LogP contribution in [0.4, 0.5) is 0 Å². The lowest BCUT2D eigenvalue weighted by atomic mass is 10.1. The predicted molar refractivity (Wildman–Crippen MR) is 70.7 cm³/mol. The molecule has 0 aliphatic carbocycles. The molecule has 1 aliphatic rings. The summed E-state index contributed by atoms with van der Waals surface area (Å²) >= 11 is 0. The predicted octanol–water partition coefficient (Wildman–Crippen LogP) is 1.90. The van der Waals surface area contributed by atoms with Crippen LogP contribution in [0.3, 0.4) is 0 Å². The number of hydrogen-bond acceptors (Lipinski definition) is 4. The van der Waals surface area contributed by atoms with Gasteiger partial charge in [0.2, 0.25) is 0 Å². The highest BCUT2D eigenvalue weighted by molar-refractivity contribution is 5.81. The van der Waals surface area contributed by atoms with Gasteiger partial charge in [-0.3, -0.25) is 9.79 Å². The first-order valence-corrected chi connectivity index (χ1v) is 6.22. The molecule has 1 unspecified atom stereocenters. The monoisotopic (exact) mass is 263 g/mol. The summed E-state index contributed by atoms with van der Waals surface area (Å²) in [5.74, 6) is 0.542. The SMILES string of the molecule is COc1cccc(CC2CN=C(CCC(=O)O)O2)c1. The number of benzene rings is 1. The first-order valence-electron chi connectivity index (χ1n) is 6.22.